The number of benzene rings is 1. The lowest BCUT2D eigenvalue weighted by Crippen LogP contribution is -2.43. The number of aliphatic hydroxyl groups excluding tert-OH is 1. The molecule has 1 fully saturated rings. The van der Waals surface area contributed by atoms with E-state index < -0.39 is 0 Å². The van der Waals surface area contributed by atoms with Crippen LogP contribution in [0.4, 0.5) is 0 Å². The van der Waals surface area contributed by atoms with Crippen molar-refractivity contribution in [1.82, 2.24) is 4.90 Å². The van der Waals surface area contributed by atoms with Crippen molar-refractivity contribution in [1.29, 1.82) is 0 Å². The highest BCUT2D eigenvalue weighted by Crippen LogP contribution is 2.19. The zero-order valence-corrected chi connectivity index (χ0v) is 12.4. The van der Waals surface area contributed by atoms with Crippen molar-refractivity contribution in [2.75, 3.05) is 26.3 Å². The van der Waals surface area contributed by atoms with Gasteiger partial charge in [0.2, 0.25) is 0 Å². The first-order valence-corrected chi connectivity index (χ1v) is 7.49. The van der Waals surface area contributed by atoms with Crippen LogP contribution in [0.1, 0.15) is 24.8 Å². The molecule has 5 heteroatoms. The molecule has 20 heavy (non-hydrogen) atoms. The predicted molar refractivity (Wildman–Crippen MR) is 84.1 cm³/mol. The number of hydrogen-bond donors (Lipinski definition) is 2. The zero-order chi connectivity index (χ0) is 14.4. The molecule has 1 saturated heterocycles. The highest BCUT2D eigenvalue weighted by Gasteiger charge is 2.21. The number of thiocarbonyl (C=S) groups is 1. The van der Waals surface area contributed by atoms with E-state index in [1.807, 2.05) is 24.3 Å². The highest BCUT2D eigenvalue weighted by molar-refractivity contribution is 7.80. The Bertz CT molecular complexity index is 453. The lowest BCUT2D eigenvalue weighted by Gasteiger charge is -2.34. The first-order chi connectivity index (χ1) is 9.72. The number of likely N-dealkylation sites (tertiary alicyclic amines) is 1. The molecule has 1 aromatic carbocycles. The minimum absolute atomic E-state index is 0.226. The van der Waals surface area contributed by atoms with Gasteiger partial charge in [0.05, 0.1) is 12.2 Å². The molecule has 1 aliphatic heterocycles. The van der Waals surface area contributed by atoms with Crippen molar-refractivity contribution in [3.63, 3.8) is 0 Å². The number of rotatable bonds is 6. The van der Waals surface area contributed by atoms with Crippen LogP contribution in [0.25, 0.3) is 0 Å². The molecule has 2 rings (SSSR count). The van der Waals surface area contributed by atoms with E-state index in [-0.39, 0.29) is 12.6 Å². The highest BCUT2D eigenvalue weighted by atomic mass is 32.1. The quantitative estimate of drug-likeness (QED) is 0.780. The fourth-order valence-electron chi connectivity index (χ4n) is 2.63. The summed E-state index contributed by atoms with van der Waals surface area (Å²) in [5.41, 5.74) is 6.46. The van der Waals surface area contributed by atoms with Crippen LogP contribution in [0, 0.1) is 0 Å². The minimum Gasteiger partial charge on any atom is -0.492 e. The molecule has 0 radical (unpaired) electrons. The van der Waals surface area contributed by atoms with E-state index in [1.54, 1.807) is 0 Å². The van der Waals surface area contributed by atoms with E-state index in [1.165, 1.54) is 12.8 Å². The maximum atomic E-state index is 9.38. The molecule has 4 nitrogen and oxygen atoms in total. The lowest BCUT2D eigenvalue weighted by molar-refractivity contribution is 0.0773. The van der Waals surface area contributed by atoms with Crippen LogP contribution in [0.15, 0.2) is 24.3 Å². The van der Waals surface area contributed by atoms with Gasteiger partial charge < -0.3 is 15.6 Å². The predicted octanol–water partition coefficient (Wildman–Crippen LogP) is 1.55. The van der Waals surface area contributed by atoms with E-state index in [2.05, 4.69) is 4.90 Å². The summed E-state index contributed by atoms with van der Waals surface area (Å²) in [5.74, 6) is 0.734. The van der Waals surface area contributed by atoms with Crippen LogP contribution >= 0.6 is 12.2 Å². The molecule has 1 unspecified atom stereocenters. The molecule has 0 bridgehead atoms. The molecular weight excluding hydrogens is 272 g/mol. The van der Waals surface area contributed by atoms with Gasteiger partial charge in [-0.2, -0.15) is 0 Å². The topological polar surface area (TPSA) is 58.7 Å². The number of ether oxygens (including phenoxy) is 1. The number of piperidine rings is 1. The molecule has 3 N–H and O–H groups in total. The summed E-state index contributed by atoms with van der Waals surface area (Å²) in [6.45, 7) is 2.65. The molecule has 0 spiro atoms. The second-order valence-electron chi connectivity index (χ2n) is 5.08. The molecule has 1 aliphatic rings. The first kappa shape index (κ1) is 15.2. The van der Waals surface area contributed by atoms with E-state index in [0.717, 1.165) is 30.8 Å². The summed E-state index contributed by atoms with van der Waals surface area (Å²) in [6, 6.07) is 7.84. The number of hydrogen-bond acceptors (Lipinski definition) is 4. The van der Waals surface area contributed by atoms with Crippen LogP contribution in [0.2, 0.25) is 0 Å². The van der Waals surface area contributed by atoms with Crippen molar-refractivity contribution in [3.8, 4) is 5.75 Å². The molecule has 1 aromatic rings. The molecule has 0 amide bonds. The smallest absolute Gasteiger partial charge is 0.129 e. The fourth-order valence-corrected chi connectivity index (χ4v) is 2.80. The van der Waals surface area contributed by atoms with Crippen LogP contribution in [0.5, 0.6) is 5.75 Å². The molecule has 0 aliphatic carbocycles. The number of aliphatic hydroxyl groups is 1. The molecule has 1 heterocycles. The van der Waals surface area contributed by atoms with Gasteiger partial charge in [-0.15, -0.1) is 0 Å². The van der Waals surface area contributed by atoms with E-state index >= 15 is 0 Å². The zero-order valence-electron chi connectivity index (χ0n) is 11.6. The van der Waals surface area contributed by atoms with Crippen molar-refractivity contribution in [3.05, 3.63) is 29.8 Å². The van der Waals surface area contributed by atoms with Crippen LogP contribution in [-0.4, -0.2) is 47.3 Å². The van der Waals surface area contributed by atoms with Gasteiger partial charge in [0, 0.05) is 12.6 Å². The van der Waals surface area contributed by atoms with Gasteiger partial charge in [0.15, 0.2) is 0 Å². The monoisotopic (exact) mass is 294 g/mol. The third kappa shape index (κ3) is 3.91. The number of para-hydroxylation sites is 1. The molecular formula is C15H22N2O2S. The van der Waals surface area contributed by atoms with E-state index in [4.69, 9.17) is 22.7 Å². The van der Waals surface area contributed by atoms with Crippen LogP contribution in [0.3, 0.4) is 0 Å². The third-order valence-electron chi connectivity index (χ3n) is 3.75. The van der Waals surface area contributed by atoms with Crippen LogP contribution < -0.4 is 10.5 Å². The first-order valence-electron chi connectivity index (χ1n) is 7.09. The normalized spacial score (nSPS) is 19.8. The van der Waals surface area contributed by atoms with Crippen molar-refractivity contribution in [2.45, 2.75) is 25.3 Å². The average molecular weight is 294 g/mol. The van der Waals surface area contributed by atoms with Gasteiger partial charge in [-0.3, -0.25) is 4.90 Å². The SMILES string of the molecule is NC(=S)c1ccccc1OCCN1CCCCC1CO. The summed E-state index contributed by atoms with van der Waals surface area (Å²) in [7, 11) is 0. The Labute approximate surface area is 125 Å². The summed E-state index contributed by atoms with van der Waals surface area (Å²) in [4.78, 5) is 2.65. The summed E-state index contributed by atoms with van der Waals surface area (Å²) < 4.78 is 5.80. The third-order valence-corrected chi connectivity index (χ3v) is 3.97. The Balaban J connectivity index is 1.88. The fraction of sp³-hybridized carbons (Fsp3) is 0.533. The van der Waals surface area contributed by atoms with Gasteiger partial charge in [-0.05, 0) is 31.5 Å². The Morgan fingerprint density at radius 3 is 2.95 bits per heavy atom. The largest absolute Gasteiger partial charge is 0.492 e. The number of nitrogens with zero attached hydrogens (tertiary/aromatic N) is 1. The molecule has 0 aromatic heterocycles. The average Bonchev–Trinajstić information content (AvgIpc) is 2.48. The van der Waals surface area contributed by atoms with E-state index in [0.29, 0.717) is 11.6 Å². The second kappa shape index (κ2) is 7.57. The van der Waals surface area contributed by atoms with Gasteiger partial charge in [-0.1, -0.05) is 30.8 Å². The maximum absolute atomic E-state index is 9.38. The lowest BCUT2D eigenvalue weighted by atomic mass is 10.0. The van der Waals surface area contributed by atoms with Gasteiger partial charge in [0.25, 0.3) is 0 Å². The standard InChI is InChI=1S/C15H22N2O2S/c16-15(20)13-6-1-2-7-14(13)19-10-9-17-8-4-3-5-12(17)11-18/h1-2,6-7,12,18H,3-5,8-11H2,(H2,16,20). The Kier molecular flexibility index (Phi) is 5.76. The van der Waals surface area contributed by atoms with Crippen molar-refractivity contribution >= 4 is 17.2 Å². The maximum Gasteiger partial charge on any atom is 0.129 e. The summed E-state index contributed by atoms with van der Waals surface area (Å²) >= 11 is 5.02. The molecule has 0 saturated carbocycles. The van der Waals surface area contributed by atoms with Gasteiger partial charge in [-0.25, -0.2) is 0 Å². The Morgan fingerprint density at radius 1 is 1.40 bits per heavy atom. The Hall–Kier alpha value is -1.17. The Morgan fingerprint density at radius 2 is 2.20 bits per heavy atom. The molecule has 110 valence electrons. The van der Waals surface area contributed by atoms with Gasteiger partial charge in [0.1, 0.15) is 17.3 Å². The minimum atomic E-state index is 0.226. The van der Waals surface area contributed by atoms with Gasteiger partial charge >= 0.3 is 0 Å². The van der Waals surface area contributed by atoms with Crippen molar-refractivity contribution in [2.24, 2.45) is 5.73 Å². The van der Waals surface area contributed by atoms with Crippen LogP contribution in [-0.2, 0) is 0 Å². The van der Waals surface area contributed by atoms with Crippen molar-refractivity contribution < 1.29 is 9.84 Å². The number of nitrogens with two attached hydrogens (primary N) is 1. The second-order valence-corrected chi connectivity index (χ2v) is 5.52. The molecule has 1 atom stereocenters. The summed E-state index contributed by atoms with van der Waals surface area (Å²) in [5, 5.41) is 9.38. The van der Waals surface area contributed by atoms with E-state index in [9.17, 15) is 5.11 Å². The summed E-state index contributed by atoms with van der Waals surface area (Å²) in [6.07, 6.45) is 3.47.